The highest BCUT2D eigenvalue weighted by Crippen LogP contribution is 2.07. The normalized spacial score (nSPS) is 11.8. The summed E-state index contributed by atoms with van der Waals surface area (Å²) in [5, 5.41) is 0. The second-order valence-corrected chi connectivity index (χ2v) is 2.51. The summed E-state index contributed by atoms with van der Waals surface area (Å²) in [7, 11) is 4.57. The molecule has 0 aliphatic carbocycles. The maximum atomic E-state index is 10.8. The summed E-state index contributed by atoms with van der Waals surface area (Å²) in [6.45, 7) is 2.50. The van der Waals surface area contributed by atoms with Crippen molar-refractivity contribution in [3.8, 4) is 0 Å². The second kappa shape index (κ2) is 4.69. The lowest BCUT2D eigenvalue weighted by molar-refractivity contribution is -0.145. The Morgan fingerprint density at radius 2 is 1.83 bits per heavy atom. The van der Waals surface area contributed by atoms with E-state index < -0.39 is 17.7 Å². The molecule has 0 aromatic rings. The van der Waals surface area contributed by atoms with Crippen molar-refractivity contribution in [1.82, 2.24) is 0 Å². The van der Waals surface area contributed by atoms with E-state index in [1.54, 1.807) is 0 Å². The van der Waals surface area contributed by atoms with Crippen LogP contribution in [0.2, 0.25) is 0 Å². The first-order valence-corrected chi connectivity index (χ1v) is 3.39. The van der Waals surface area contributed by atoms with Crippen molar-refractivity contribution in [2.24, 2.45) is 5.92 Å². The van der Waals surface area contributed by atoms with Gasteiger partial charge in [-0.1, -0.05) is 0 Å². The molecule has 0 heterocycles. The molecule has 0 aliphatic rings. The van der Waals surface area contributed by atoms with Gasteiger partial charge in [0.25, 0.3) is 5.97 Å². The van der Waals surface area contributed by atoms with Crippen molar-refractivity contribution in [3.05, 3.63) is 0 Å². The van der Waals surface area contributed by atoms with Crippen molar-refractivity contribution >= 4 is 25.6 Å². The highest BCUT2D eigenvalue weighted by atomic mass is 16.5. The highest BCUT2D eigenvalue weighted by molar-refractivity contribution is 6.10. The monoisotopic (exact) mass is 168 g/mol. The minimum Gasteiger partial charge on any atom is -0.543 e. The quantitative estimate of drug-likeness (QED) is 0.430. The van der Waals surface area contributed by atoms with Gasteiger partial charge in [0.15, 0.2) is 0 Å². The largest absolute Gasteiger partial charge is 0.543 e. The first kappa shape index (κ1) is 10.9. The lowest BCUT2D eigenvalue weighted by Crippen LogP contribution is -2.25. The first-order valence-electron chi connectivity index (χ1n) is 3.39. The van der Waals surface area contributed by atoms with E-state index in [9.17, 15) is 14.4 Å². The van der Waals surface area contributed by atoms with Crippen molar-refractivity contribution < 1.29 is 19.0 Å². The Labute approximate surface area is 71.7 Å². The van der Waals surface area contributed by atoms with Crippen LogP contribution in [0.4, 0.5) is 0 Å². The molecule has 0 N–H and O–H groups in total. The summed E-state index contributed by atoms with van der Waals surface area (Å²) >= 11 is 0. The molecule has 0 aromatic heterocycles. The van der Waals surface area contributed by atoms with Crippen LogP contribution in [-0.4, -0.2) is 25.6 Å². The summed E-state index contributed by atoms with van der Waals surface area (Å²) in [5.74, 6) is -2.58. The first-order chi connectivity index (χ1) is 5.49. The molecule has 4 nitrogen and oxygen atoms in total. The summed E-state index contributed by atoms with van der Waals surface area (Å²) in [4.78, 5) is 32.1. The lowest BCUT2D eigenvalue weighted by Gasteiger charge is -2.08. The van der Waals surface area contributed by atoms with Gasteiger partial charge in [-0.25, -0.2) is 0 Å². The molecule has 1 atom stereocenters. The van der Waals surface area contributed by atoms with Gasteiger partial charge in [-0.2, -0.15) is 0 Å². The number of hydrogen-bond acceptors (Lipinski definition) is 4. The molecule has 0 aliphatic heterocycles. The summed E-state index contributed by atoms with van der Waals surface area (Å²) < 4.78 is 3.86. The number of Topliss-reactive ketones (excluding diaryl/α,β-unsaturated/α-hetero) is 2. The van der Waals surface area contributed by atoms with Crippen LogP contribution in [0.25, 0.3) is 0 Å². The zero-order valence-corrected chi connectivity index (χ0v) is 6.99. The maximum absolute atomic E-state index is 10.8. The molecule has 5 heteroatoms. The molecule has 12 heavy (non-hydrogen) atoms. The van der Waals surface area contributed by atoms with E-state index in [1.807, 2.05) is 0 Å². The van der Waals surface area contributed by atoms with E-state index in [4.69, 9.17) is 0 Å². The lowest BCUT2D eigenvalue weighted by atomic mass is 9.99. The van der Waals surface area contributed by atoms with E-state index in [2.05, 4.69) is 12.7 Å². The van der Waals surface area contributed by atoms with Crippen LogP contribution in [-0.2, 0) is 19.0 Å². The van der Waals surface area contributed by atoms with E-state index >= 15 is 0 Å². The molecule has 0 saturated heterocycles. The third kappa shape index (κ3) is 3.32. The topological polar surface area (TPSA) is 60.4 Å². The fourth-order valence-corrected chi connectivity index (χ4v) is 0.763. The second-order valence-electron chi connectivity index (χ2n) is 2.51. The molecule has 0 saturated carbocycles. The SMILES string of the molecule is [B]OC(=O)[C@@H](CC(C)=O)C(C)=O. The number of ketones is 2. The zero-order valence-electron chi connectivity index (χ0n) is 6.99. The van der Waals surface area contributed by atoms with Crippen LogP contribution in [0.1, 0.15) is 20.3 Å². The van der Waals surface area contributed by atoms with Crippen LogP contribution in [0.15, 0.2) is 0 Å². The average molecular weight is 168 g/mol. The van der Waals surface area contributed by atoms with Gasteiger partial charge in [-0.3, -0.25) is 14.4 Å². The Kier molecular flexibility index (Phi) is 4.25. The van der Waals surface area contributed by atoms with Crippen molar-refractivity contribution in [1.29, 1.82) is 0 Å². The summed E-state index contributed by atoms with van der Waals surface area (Å²) in [6.07, 6.45) is -0.147. The highest BCUT2D eigenvalue weighted by Gasteiger charge is 2.24. The van der Waals surface area contributed by atoms with Crippen molar-refractivity contribution in [3.63, 3.8) is 0 Å². The van der Waals surface area contributed by atoms with Crippen LogP contribution in [0, 0.1) is 5.92 Å². The van der Waals surface area contributed by atoms with Crippen LogP contribution in [0.5, 0.6) is 0 Å². The molecule has 0 amide bonds. The third-order valence-corrected chi connectivity index (χ3v) is 1.38. The molecule has 0 aromatic carbocycles. The Balaban J connectivity index is 4.33. The molecule has 0 spiro atoms. The van der Waals surface area contributed by atoms with Crippen LogP contribution < -0.4 is 0 Å². The van der Waals surface area contributed by atoms with E-state index in [0.29, 0.717) is 0 Å². The minimum absolute atomic E-state index is 0.147. The minimum atomic E-state index is -1.05. The number of carbonyl (C=O) groups excluding carboxylic acids is 3. The average Bonchev–Trinajstić information content (AvgIpc) is 1.98. The fraction of sp³-hybridized carbons (Fsp3) is 0.571. The van der Waals surface area contributed by atoms with Gasteiger partial charge in [-0.15, -0.1) is 0 Å². The van der Waals surface area contributed by atoms with Gasteiger partial charge < -0.3 is 4.65 Å². The molecule has 0 unspecified atom stereocenters. The number of hydrogen-bond donors (Lipinski definition) is 0. The van der Waals surface area contributed by atoms with Gasteiger partial charge in [0.05, 0.1) is 0 Å². The smallest absolute Gasteiger partial charge is 0.378 e. The Hall–Kier alpha value is -1.13. The zero-order chi connectivity index (χ0) is 9.72. The van der Waals surface area contributed by atoms with Gasteiger partial charge in [0.2, 0.25) is 0 Å². The fourth-order valence-electron chi connectivity index (χ4n) is 0.763. The number of carbonyl (C=O) groups is 3. The number of rotatable bonds is 4. The van der Waals surface area contributed by atoms with Crippen LogP contribution in [0.3, 0.4) is 0 Å². The van der Waals surface area contributed by atoms with E-state index in [-0.39, 0.29) is 12.2 Å². The Morgan fingerprint density at radius 3 is 2.08 bits per heavy atom. The summed E-state index contributed by atoms with van der Waals surface area (Å²) in [5.41, 5.74) is 0. The van der Waals surface area contributed by atoms with Crippen LogP contribution >= 0.6 is 0 Å². The molecule has 0 bridgehead atoms. The standard InChI is InChI=1S/C7H9BO4/c1-4(9)3-6(5(2)10)7(11)12-8/h6H,3H2,1-2H3/t6-/m0/s1. The van der Waals surface area contributed by atoms with Gasteiger partial charge in [0, 0.05) is 6.42 Å². The molecule has 0 fully saturated rings. The van der Waals surface area contributed by atoms with Gasteiger partial charge >= 0.3 is 8.05 Å². The predicted octanol–water partition coefficient (Wildman–Crippen LogP) is -0.203. The Bertz CT molecular complexity index is 211. The molecular weight excluding hydrogens is 159 g/mol. The van der Waals surface area contributed by atoms with Gasteiger partial charge in [-0.05, 0) is 13.8 Å². The van der Waals surface area contributed by atoms with Gasteiger partial charge in [0.1, 0.15) is 17.5 Å². The van der Waals surface area contributed by atoms with Crippen molar-refractivity contribution in [2.45, 2.75) is 20.3 Å². The molecule has 2 radical (unpaired) electrons. The third-order valence-electron chi connectivity index (χ3n) is 1.38. The maximum Gasteiger partial charge on any atom is 0.378 e. The van der Waals surface area contributed by atoms with Crippen molar-refractivity contribution in [2.75, 3.05) is 0 Å². The van der Waals surface area contributed by atoms with E-state index in [0.717, 1.165) is 0 Å². The summed E-state index contributed by atoms with van der Waals surface area (Å²) in [6, 6.07) is 0. The predicted molar refractivity (Wildman–Crippen MR) is 41.3 cm³/mol. The molecule has 0 rings (SSSR count). The molecule has 64 valence electrons. The molecular formula is C7H9BO4. The van der Waals surface area contributed by atoms with E-state index in [1.165, 1.54) is 13.8 Å². The Morgan fingerprint density at radius 1 is 1.33 bits per heavy atom.